The third-order valence-corrected chi connectivity index (χ3v) is 7.53. The van der Waals surface area contributed by atoms with Crippen LogP contribution in [0.3, 0.4) is 0 Å². The highest BCUT2D eigenvalue weighted by molar-refractivity contribution is 5.98. The van der Waals surface area contributed by atoms with Crippen LogP contribution in [0.2, 0.25) is 0 Å². The van der Waals surface area contributed by atoms with Gasteiger partial charge in [0.15, 0.2) is 23.0 Å². The molecule has 5 aromatic rings. The zero-order chi connectivity index (χ0) is 32.2. The number of hydrogen-bond acceptors (Lipinski definition) is 9. The largest absolute Gasteiger partial charge is 0.493 e. The van der Waals surface area contributed by atoms with Gasteiger partial charge in [-0.2, -0.15) is 0 Å². The molecule has 13 heteroatoms. The Morgan fingerprint density at radius 3 is 2.39 bits per heavy atom. The van der Waals surface area contributed by atoms with Gasteiger partial charge in [0, 0.05) is 23.9 Å². The summed E-state index contributed by atoms with van der Waals surface area (Å²) in [6.45, 7) is -0.482. The number of hydrogen-bond donors (Lipinski definition) is 1. The number of halogens is 1. The molecule has 0 saturated heterocycles. The van der Waals surface area contributed by atoms with Gasteiger partial charge in [0.2, 0.25) is 18.4 Å². The summed E-state index contributed by atoms with van der Waals surface area (Å²) in [6, 6.07) is 20.0. The predicted octanol–water partition coefficient (Wildman–Crippen LogP) is 4.73. The third-order valence-electron chi connectivity index (χ3n) is 7.53. The number of amides is 2. The molecule has 0 radical (unpaired) electrons. The minimum absolute atomic E-state index is 0.0582. The van der Waals surface area contributed by atoms with Crippen LogP contribution in [0.5, 0.6) is 28.7 Å². The van der Waals surface area contributed by atoms with Gasteiger partial charge in [-0.3, -0.25) is 9.59 Å². The maximum absolute atomic E-state index is 15.1. The molecule has 46 heavy (non-hydrogen) atoms. The third kappa shape index (κ3) is 5.94. The Kier molecular flexibility index (Phi) is 8.55. The van der Waals surface area contributed by atoms with Gasteiger partial charge in [0.1, 0.15) is 23.9 Å². The molecule has 1 unspecified atom stereocenters. The summed E-state index contributed by atoms with van der Waals surface area (Å²) in [7, 11) is 4.35. The summed E-state index contributed by atoms with van der Waals surface area (Å²) in [5, 5.41) is 11.2. The molecule has 0 spiro atoms. The van der Waals surface area contributed by atoms with Crippen molar-refractivity contribution in [2.24, 2.45) is 0 Å². The van der Waals surface area contributed by atoms with Crippen molar-refractivity contribution in [3.8, 4) is 28.7 Å². The standard InChI is InChI=1S/C33H30FN5O7/c1-42-28-14-21(15-29(43-2)32(28)44-3)31(33(41)35-22-12-13-26-27(16-22)46-19-45-26)38(17-20-8-4-5-9-23(20)34)30(40)18-39-25-11-7-6-10-24(25)36-37-39/h4-16,31H,17-19H2,1-3H3,(H,35,41). The highest BCUT2D eigenvalue weighted by Gasteiger charge is 2.35. The fraction of sp³-hybridized carbons (Fsp3) is 0.212. The molecule has 0 aliphatic carbocycles. The SMILES string of the molecule is COc1cc(C(C(=O)Nc2ccc3c(c2)OCO3)N(Cc2ccccc2F)C(=O)Cn2nnc3ccccc32)cc(OC)c1OC. The van der Waals surface area contributed by atoms with Crippen LogP contribution >= 0.6 is 0 Å². The van der Waals surface area contributed by atoms with E-state index in [9.17, 15) is 9.59 Å². The minimum atomic E-state index is -1.32. The van der Waals surface area contributed by atoms with Crippen LogP contribution in [-0.4, -0.2) is 59.8 Å². The number of methoxy groups -OCH3 is 3. The molecule has 236 valence electrons. The first-order valence-electron chi connectivity index (χ1n) is 14.2. The maximum atomic E-state index is 15.1. The second-order valence-electron chi connectivity index (χ2n) is 10.3. The van der Waals surface area contributed by atoms with Crippen LogP contribution in [0, 0.1) is 5.82 Å². The number of nitrogens with one attached hydrogen (secondary N) is 1. The number of nitrogens with zero attached hydrogens (tertiary/aromatic N) is 4. The number of anilines is 1. The van der Waals surface area contributed by atoms with Crippen LogP contribution in [0.15, 0.2) is 78.9 Å². The van der Waals surface area contributed by atoms with E-state index in [4.69, 9.17) is 23.7 Å². The maximum Gasteiger partial charge on any atom is 0.251 e. The monoisotopic (exact) mass is 627 g/mol. The Balaban J connectivity index is 1.47. The molecule has 1 N–H and O–H groups in total. The number of ether oxygens (including phenoxy) is 5. The van der Waals surface area contributed by atoms with E-state index in [1.807, 2.05) is 6.07 Å². The van der Waals surface area contributed by atoms with Crippen molar-refractivity contribution < 1.29 is 37.7 Å². The highest BCUT2D eigenvalue weighted by Crippen LogP contribution is 2.42. The molecule has 0 fully saturated rings. The summed E-state index contributed by atoms with van der Waals surface area (Å²) in [5.41, 5.74) is 2.13. The first kappa shape index (κ1) is 30.2. The Labute approximate surface area is 263 Å². The van der Waals surface area contributed by atoms with Crippen molar-refractivity contribution >= 4 is 28.5 Å². The second kappa shape index (κ2) is 13.0. The zero-order valence-corrected chi connectivity index (χ0v) is 25.2. The normalized spacial score (nSPS) is 12.4. The zero-order valence-electron chi connectivity index (χ0n) is 25.2. The Bertz CT molecular complexity index is 1890. The molecule has 1 aliphatic rings. The number of aromatic nitrogens is 3. The van der Waals surface area contributed by atoms with Crippen LogP contribution in [0.1, 0.15) is 17.2 Å². The highest BCUT2D eigenvalue weighted by atomic mass is 19.1. The summed E-state index contributed by atoms with van der Waals surface area (Å²) >= 11 is 0. The number of carbonyl (C=O) groups excluding carboxylic acids is 2. The van der Waals surface area contributed by atoms with Crippen molar-refractivity contribution in [2.45, 2.75) is 19.1 Å². The summed E-state index contributed by atoms with van der Waals surface area (Å²) in [6.07, 6.45) is 0. The molecular weight excluding hydrogens is 597 g/mol. The Morgan fingerprint density at radius 1 is 0.935 bits per heavy atom. The van der Waals surface area contributed by atoms with Crippen LogP contribution in [0.4, 0.5) is 10.1 Å². The fourth-order valence-corrected chi connectivity index (χ4v) is 5.30. The number of benzene rings is 4. The first-order valence-corrected chi connectivity index (χ1v) is 14.2. The summed E-state index contributed by atoms with van der Waals surface area (Å²) in [5.74, 6) is 0.155. The molecule has 6 rings (SSSR count). The molecule has 1 aliphatic heterocycles. The number of rotatable bonds is 11. The van der Waals surface area contributed by atoms with Crippen molar-refractivity contribution in [3.63, 3.8) is 0 Å². The lowest BCUT2D eigenvalue weighted by atomic mass is 10.0. The van der Waals surface area contributed by atoms with Crippen LogP contribution in [0.25, 0.3) is 11.0 Å². The summed E-state index contributed by atoms with van der Waals surface area (Å²) < 4.78 is 44.1. The average molecular weight is 628 g/mol. The van der Waals surface area contributed by atoms with E-state index in [0.29, 0.717) is 39.5 Å². The van der Waals surface area contributed by atoms with E-state index in [-0.39, 0.29) is 36.9 Å². The van der Waals surface area contributed by atoms with Gasteiger partial charge in [0.25, 0.3) is 5.91 Å². The Morgan fingerprint density at radius 2 is 1.65 bits per heavy atom. The van der Waals surface area contributed by atoms with Gasteiger partial charge in [-0.25, -0.2) is 9.07 Å². The van der Waals surface area contributed by atoms with Gasteiger partial charge in [0.05, 0.1) is 26.8 Å². The van der Waals surface area contributed by atoms with Crippen LogP contribution in [-0.2, 0) is 22.7 Å². The van der Waals surface area contributed by atoms with Crippen molar-refractivity contribution in [2.75, 3.05) is 33.4 Å². The van der Waals surface area contributed by atoms with Gasteiger partial charge in [-0.15, -0.1) is 5.10 Å². The molecule has 4 aromatic carbocycles. The number of para-hydroxylation sites is 1. The molecule has 1 aromatic heterocycles. The van der Waals surface area contributed by atoms with Crippen molar-refractivity contribution in [1.82, 2.24) is 19.9 Å². The van der Waals surface area contributed by atoms with Crippen molar-refractivity contribution in [3.05, 3.63) is 95.8 Å². The fourth-order valence-electron chi connectivity index (χ4n) is 5.30. The van der Waals surface area contributed by atoms with Gasteiger partial charge < -0.3 is 33.9 Å². The summed E-state index contributed by atoms with van der Waals surface area (Å²) in [4.78, 5) is 30.0. The first-order chi connectivity index (χ1) is 22.4. The molecular formula is C33H30FN5O7. The lowest BCUT2D eigenvalue weighted by Gasteiger charge is -2.32. The minimum Gasteiger partial charge on any atom is -0.493 e. The molecule has 12 nitrogen and oxygen atoms in total. The topological polar surface area (TPSA) is 126 Å². The van der Waals surface area contributed by atoms with E-state index in [1.54, 1.807) is 66.7 Å². The molecule has 0 bridgehead atoms. The second-order valence-corrected chi connectivity index (χ2v) is 10.3. The molecule has 1 atom stereocenters. The molecule has 2 heterocycles. The quantitative estimate of drug-likeness (QED) is 0.221. The lowest BCUT2D eigenvalue weighted by Crippen LogP contribution is -2.42. The predicted molar refractivity (Wildman–Crippen MR) is 165 cm³/mol. The van der Waals surface area contributed by atoms with Gasteiger partial charge in [-0.1, -0.05) is 35.5 Å². The van der Waals surface area contributed by atoms with E-state index < -0.39 is 23.7 Å². The van der Waals surface area contributed by atoms with Gasteiger partial charge in [-0.05, 0) is 48.0 Å². The molecule has 2 amide bonds. The molecule has 0 saturated carbocycles. The van der Waals surface area contributed by atoms with Crippen LogP contribution < -0.4 is 29.0 Å². The average Bonchev–Trinajstić information content (AvgIpc) is 3.71. The number of carbonyl (C=O) groups is 2. The van der Waals surface area contributed by atoms with E-state index in [2.05, 4.69) is 15.6 Å². The van der Waals surface area contributed by atoms with Gasteiger partial charge >= 0.3 is 0 Å². The van der Waals surface area contributed by atoms with E-state index in [1.165, 1.54) is 37.0 Å². The Hall–Kier alpha value is -5.85. The lowest BCUT2D eigenvalue weighted by molar-refractivity contribution is -0.140. The van der Waals surface area contributed by atoms with Crippen molar-refractivity contribution in [1.29, 1.82) is 0 Å². The van der Waals surface area contributed by atoms with E-state index >= 15 is 4.39 Å². The van der Waals surface area contributed by atoms with E-state index in [0.717, 1.165) is 0 Å². The number of fused-ring (bicyclic) bond motifs is 2. The smallest absolute Gasteiger partial charge is 0.251 e.